The molecular weight excluding hydrogens is 463 g/mol. The molecule has 4 N–H and O–H groups in total. The molecule has 4 aromatic rings. The number of phenolic OH excluding ortho intramolecular Hbond substituents is 1. The number of carbonyl (C=O) groups excluding carboxylic acids is 1. The Morgan fingerprint density at radius 3 is 2.82 bits per heavy atom. The number of hydrogen-bond acceptors (Lipinski definition) is 8. The minimum atomic E-state index is -1.45. The highest BCUT2D eigenvalue weighted by Crippen LogP contribution is 2.46. The molecule has 1 amide bonds. The summed E-state index contributed by atoms with van der Waals surface area (Å²) in [5.74, 6) is -1.45. The highest BCUT2D eigenvalue weighted by atomic mass is 35.5. The molecule has 1 atom stereocenters. The second-order valence-corrected chi connectivity index (χ2v) is 8.61. The van der Waals surface area contributed by atoms with Gasteiger partial charge in [-0.05, 0) is 37.5 Å². The van der Waals surface area contributed by atoms with E-state index in [1.165, 1.54) is 12.4 Å². The first-order valence-corrected chi connectivity index (χ1v) is 11.0. The molecule has 4 heterocycles. The second kappa shape index (κ2) is 7.87. The zero-order valence-corrected chi connectivity index (χ0v) is 19.1. The first-order chi connectivity index (χ1) is 16.2. The minimum Gasteiger partial charge on any atom is -0.506 e. The largest absolute Gasteiger partial charge is 0.506 e. The molecule has 1 aliphatic heterocycles. The number of nitrogen functional groups attached to an aromatic ring is 1. The van der Waals surface area contributed by atoms with Crippen LogP contribution in [0, 0.1) is 5.82 Å². The predicted octanol–water partition coefficient (Wildman–Crippen LogP) is 3.26. The van der Waals surface area contributed by atoms with E-state index in [0.29, 0.717) is 17.8 Å². The first-order valence-electron chi connectivity index (χ1n) is 10.6. The summed E-state index contributed by atoms with van der Waals surface area (Å²) in [6.45, 7) is 3.64. The maximum Gasteiger partial charge on any atom is 0.240 e. The Bertz CT molecular complexity index is 1450. The Morgan fingerprint density at radius 2 is 2.09 bits per heavy atom. The van der Waals surface area contributed by atoms with E-state index in [2.05, 4.69) is 37.3 Å². The molecule has 0 fully saturated rings. The summed E-state index contributed by atoms with van der Waals surface area (Å²) in [5, 5.41) is 16.5. The second-order valence-electron chi connectivity index (χ2n) is 8.23. The minimum absolute atomic E-state index is 0.0197. The number of phenols is 1. The third-order valence-electron chi connectivity index (χ3n) is 6.04. The summed E-state index contributed by atoms with van der Waals surface area (Å²) in [5.41, 5.74) is 7.12. The number of aromatic nitrogens is 6. The van der Waals surface area contributed by atoms with Crippen LogP contribution in [0.15, 0.2) is 24.7 Å². The fourth-order valence-electron chi connectivity index (χ4n) is 4.17. The van der Waals surface area contributed by atoms with E-state index < -0.39 is 27.9 Å². The van der Waals surface area contributed by atoms with E-state index in [4.69, 9.17) is 17.3 Å². The lowest BCUT2D eigenvalue weighted by atomic mass is 9.77. The van der Waals surface area contributed by atoms with E-state index in [1.54, 1.807) is 17.6 Å². The SMILES string of the molecule is CCCCc1nc(-c2nc(N)c3c(n2)NC(=O)C3(C)c2cc(O)c(Cl)c(F)c2)cn2ncnc12. The lowest BCUT2D eigenvalue weighted by Gasteiger charge is -2.24. The molecule has 0 aliphatic carbocycles. The summed E-state index contributed by atoms with van der Waals surface area (Å²) in [4.78, 5) is 30.9. The standard InChI is InChI=1S/C22H20ClFN8O2/c1-3-4-5-12-20-26-9-27-32(20)8-13(28-12)18-29-17(25)15-19(30-18)31-21(34)22(15,2)10-6-11(24)16(23)14(33)7-10/h6-9,33H,3-5H2,1-2H3,(H3,25,29,30,31,34). The van der Waals surface area contributed by atoms with Crippen LogP contribution in [0.5, 0.6) is 5.75 Å². The van der Waals surface area contributed by atoms with Gasteiger partial charge in [-0.15, -0.1) is 0 Å². The zero-order valence-electron chi connectivity index (χ0n) is 18.3. The number of benzene rings is 1. The number of halogens is 2. The van der Waals surface area contributed by atoms with E-state index in [1.807, 2.05) is 0 Å². The van der Waals surface area contributed by atoms with Gasteiger partial charge in [0.05, 0.1) is 17.5 Å². The van der Waals surface area contributed by atoms with Gasteiger partial charge in [0.1, 0.15) is 45.7 Å². The molecule has 1 aliphatic rings. The van der Waals surface area contributed by atoms with Crippen LogP contribution in [0.3, 0.4) is 0 Å². The molecule has 5 rings (SSSR count). The van der Waals surface area contributed by atoms with Crippen molar-refractivity contribution in [2.24, 2.45) is 0 Å². The van der Waals surface area contributed by atoms with Gasteiger partial charge in [0, 0.05) is 0 Å². The molecular formula is C22H20ClFN8O2. The van der Waals surface area contributed by atoms with Crippen molar-refractivity contribution in [1.29, 1.82) is 0 Å². The van der Waals surface area contributed by atoms with Gasteiger partial charge in [0.25, 0.3) is 0 Å². The Balaban J connectivity index is 1.65. The monoisotopic (exact) mass is 482 g/mol. The van der Waals surface area contributed by atoms with Crippen molar-refractivity contribution in [3.8, 4) is 17.3 Å². The van der Waals surface area contributed by atoms with Crippen LogP contribution in [0.2, 0.25) is 5.02 Å². The van der Waals surface area contributed by atoms with E-state index in [-0.39, 0.29) is 28.6 Å². The van der Waals surface area contributed by atoms with Crippen molar-refractivity contribution in [1.82, 2.24) is 29.5 Å². The number of carbonyl (C=O) groups is 1. The number of nitrogens with zero attached hydrogens (tertiary/aromatic N) is 6. The number of aryl methyl sites for hydroxylation is 1. The number of hydrogen-bond donors (Lipinski definition) is 3. The topological polar surface area (TPSA) is 144 Å². The van der Waals surface area contributed by atoms with Crippen LogP contribution >= 0.6 is 11.6 Å². The molecule has 0 radical (unpaired) electrons. The molecule has 1 aromatic carbocycles. The van der Waals surface area contributed by atoms with Crippen molar-refractivity contribution in [2.45, 2.75) is 38.5 Å². The van der Waals surface area contributed by atoms with Gasteiger partial charge in [-0.3, -0.25) is 4.79 Å². The number of nitrogens with two attached hydrogens (primary N) is 1. The molecule has 34 heavy (non-hydrogen) atoms. The maximum absolute atomic E-state index is 14.3. The van der Waals surface area contributed by atoms with Crippen LogP contribution < -0.4 is 11.1 Å². The van der Waals surface area contributed by atoms with Gasteiger partial charge < -0.3 is 16.2 Å². The summed E-state index contributed by atoms with van der Waals surface area (Å²) in [6.07, 6.45) is 5.69. The number of amides is 1. The quantitative estimate of drug-likeness (QED) is 0.393. The van der Waals surface area contributed by atoms with Crippen molar-refractivity contribution in [2.75, 3.05) is 11.1 Å². The van der Waals surface area contributed by atoms with E-state index >= 15 is 0 Å². The number of anilines is 2. The highest BCUT2D eigenvalue weighted by molar-refractivity contribution is 6.32. The third kappa shape index (κ3) is 3.23. The highest BCUT2D eigenvalue weighted by Gasteiger charge is 2.48. The van der Waals surface area contributed by atoms with Crippen LogP contribution in [-0.2, 0) is 16.6 Å². The third-order valence-corrected chi connectivity index (χ3v) is 6.41. The number of aromatic hydroxyl groups is 1. The molecule has 1 unspecified atom stereocenters. The van der Waals surface area contributed by atoms with Crippen LogP contribution in [0.25, 0.3) is 17.2 Å². The fourth-order valence-corrected chi connectivity index (χ4v) is 4.28. The van der Waals surface area contributed by atoms with Crippen molar-refractivity contribution in [3.63, 3.8) is 0 Å². The van der Waals surface area contributed by atoms with Gasteiger partial charge in [-0.1, -0.05) is 24.9 Å². The lowest BCUT2D eigenvalue weighted by molar-refractivity contribution is -0.119. The molecule has 0 saturated heterocycles. The molecule has 3 aromatic heterocycles. The van der Waals surface area contributed by atoms with Crippen molar-refractivity contribution < 1.29 is 14.3 Å². The number of fused-ring (bicyclic) bond motifs is 2. The van der Waals surface area contributed by atoms with Crippen LogP contribution in [0.4, 0.5) is 16.0 Å². The zero-order chi connectivity index (χ0) is 24.2. The number of nitrogens with one attached hydrogen (secondary N) is 1. The summed E-state index contributed by atoms with van der Waals surface area (Å²) in [6, 6.07) is 2.32. The molecule has 0 bridgehead atoms. The Kier molecular flexibility index (Phi) is 5.08. The smallest absolute Gasteiger partial charge is 0.240 e. The van der Waals surface area contributed by atoms with E-state index in [0.717, 1.165) is 24.6 Å². The van der Waals surface area contributed by atoms with Gasteiger partial charge in [-0.25, -0.2) is 28.8 Å². The van der Waals surface area contributed by atoms with E-state index in [9.17, 15) is 14.3 Å². The van der Waals surface area contributed by atoms with Gasteiger partial charge >= 0.3 is 0 Å². The Morgan fingerprint density at radius 1 is 1.29 bits per heavy atom. The number of rotatable bonds is 5. The summed E-state index contributed by atoms with van der Waals surface area (Å²) in [7, 11) is 0. The van der Waals surface area contributed by atoms with Crippen molar-refractivity contribution >= 4 is 34.8 Å². The molecule has 10 nitrogen and oxygen atoms in total. The Hall–Kier alpha value is -3.86. The predicted molar refractivity (Wildman–Crippen MR) is 123 cm³/mol. The average molecular weight is 483 g/mol. The molecule has 174 valence electrons. The maximum atomic E-state index is 14.3. The average Bonchev–Trinajstić information content (AvgIpc) is 3.38. The Labute approximate surface area is 198 Å². The molecule has 0 spiro atoms. The van der Waals surface area contributed by atoms with Crippen LogP contribution in [-0.4, -0.2) is 40.6 Å². The lowest BCUT2D eigenvalue weighted by Crippen LogP contribution is -2.33. The first kappa shape index (κ1) is 22.0. The van der Waals surface area contributed by atoms with Crippen molar-refractivity contribution in [3.05, 3.63) is 52.3 Å². The van der Waals surface area contributed by atoms with Gasteiger partial charge in [0.15, 0.2) is 11.5 Å². The fraction of sp³-hybridized carbons (Fsp3) is 0.273. The molecule has 12 heteroatoms. The van der Waals surface area contributed by atoms with Gasteiger partial charge in [0.2, 0.25) is 5.91 Å². The summed E-state index contributed by atoms with van der Waals surface area (Å²) >= 11 is 5.74. The molecule has 0 saturated carbocycles. The van der Waals surface area contributed by atoms with Gasteiger partial charge in [-0.2, -0.15) is 5.10 Å². The summed E-state index contributed by atoms with van der Waals surface area (Å²) < 4.78 is 15.9. The van der Waals surface area contributed by atoms with Crippen LogP contribution in [0.1, 0.15) is 43.5 Å². The number of unbranched alkanes of at least 4 members (excludes halogenated alkanes) is 1. The normalized spacial score (nSPS) is 17.2.